The van der Waals surface area contributed by atoms with Crippen LogP contribution >= 0.6 is 0 Å². The maximum Gasteiger partial charge on any atom is 0.230 e. The lowest BCUT2D eigenvalue weighted by molar-refractivity contribution is -0.115. The predicted molar refractivity (Wildman–Crippen MR) is 139 cm³/mol. The first kappa shape index (κ1) is 22.8. The Hall–Kier alpha value is -4.64. The highest BCUT2D eigenvalue weighted by molar-refractivity contribution is 5.92. The van der Waals surface area contributed by atoms with Gasteiger partial charge in [-0.15, -0.1) is 0 Å². The van der Waals surface area contributed by atoms with Gasteiger partial charge < -0.3 is 19.9 Å². The lowest BCUT2D eigenvalue weighted by Crippen LogP contribution is -2.36. The largest absolute Gasteiger partial charge is 0.378 e. The number of nitrogens with zero attached hydrogens (tertiary/aromatic N) is 7. The summed E-state index contributed by atoms with van der Waals surface area (Å²) in [4.78, 5) is 35.9. The van der Waals surface area contributed by atoms with E-state index >= 15 is 0 Å². The standard InChI is InChI=1S/C26H25N9O2/c1-34-20(13-21(33-34)18-3-2-8-27-15-18)14-22(36)30-19-6-4-17(5-7-19)24-31-23-25(32-24)28-16-29-26(23)35-9-11-37-12-10-35/h2-8,13,15-16H,9-12,14H2,1H3,(H,30,36)(H,28,29,31,32). The van der Waals surface area contributed by atoms with E-state index < -0.39 is 0 Å². The summed E-state index contributed by atoms with van der Waals surface area (Å²) >= 11 is 0. The minimum atomic E-state index is -0.123. The van der Waals surface area contributed by atoms with E-state index in [9.17, 15) is 4.79 Å². The molecule has 1 aromatic carbocycles. The zero-order valence-electron chi connectivity index (χ0n) is 20.3. The summed E-state index contributed by atoms with van der Waals surface area (Å²) in [5.74, 6) is 1.40. The molecule has 1 amide bonds. The highest BCUT2D eigenvalue weighted by atomic mass is 16.5. The van der Waals surface area contributed by atoms with Gasteiger partial charge in [-0.05, 0) is 42.5 Å². The van der Waals surface area contributed by atoms with Crippen LogP contribution in [0.15, 0.2) is 61.2 Å². The van der Waals surface area contributed by atoms with Crippen LogP contribution in [0.3, 0.4) is 0 Å². The number of morpholine rings is 1. The molecule has 0 saturated carbocycles. The molecular weight excluding hydrogens is 470 g/mol. The molecule has 11 nitrogen and oxygen atoms in total. The Kier molecular flexibility index (Phi) is 6.03. The van der Waals surface area contributed by atoms with Crippen LogP contribution in [0, 0.1) is 0 Å². The van der Waals surface area contributed by atoms with E-state index in [1.165, 1.54) is 0 Å². The molecule has 4 aromatic heterocycles. The van der Waals surface area contributed by atoms with Gasteiger partial charge in [0.15, 0.2) is 11.5 Å². The Balaban J connectivity index is 1.15. The number of H-pyrrole nitrogens is 1. The SMILES string of the molecule is Cn1nc(-c2cccnc2)cc1CC(=O)Nc1ccc(-c2nc3ncnc(N4CCOCC4)c3[nH]2)cc1. The minimum Gasteiger partial charge on any atom is -0.378 e. The van der Waals surface area contributed by atoms with Crippen LogP contribution in [0.1, 0.15) is 5.69 Å². The van der Waals surface area contributed by atoms with E-state index in [1.54, 1.807) is 23.4 Å². The second kappa shape index (κ2) is 9.78. The molecule has 0 spiro atoms. The molecule has 0 radical (unpaired) electrons. The van der Waals surface area contributed by atoms with Crippen molar-refractivity contribution in [1.82, 2.24) is 34.7 Å². The number of hydrogen-bond donors (Lipinski definition) is 2. The third-order valence-electron chi connectivity index (χ3n) is 6.30. The molecule has 0 bridgehead atoms. The van der Waals surface area contributed by atoms with Crippen molar-refractivity contribution < 1.29 is 9.53 Å². The summed E-state index contributed by atoms with van der Waals surface area (Å²) in [7, 11) is 1.83. The van der Waals surface area contributed by atoms with Gasteiger partial charge in [0, 0.05) is 55.0 Å². The summed E-state index contributed by atoms with van der Waals surface area (Å²) in [6.07, 6.45) is 5.22. The third-order valence-corrected chi connectivity index (χ3v) is 6.30. The van der Waals surface area contributed by atoms with Gasteiger partial charge in [-0.25, -0.2) is 15.0 Å². The summed E-state index contributed by atoms with van der Waals surface area (Å²) in [5, 5.41) is 7.47. The minimum absolute atomic E-state index is 0.123. The lowest BCUT2D eigenvalue weighted by atomic mass is 10.1. The molecule has 1 saturated heterocycles. The Morgan fingerprint density at radius 2 is 1.95 bits per heavy atom. The molecule has 5 heterocycles. The number of fused-ring (bicyclic) bond motifs is 1. The van der Waals surface area contributed by atoms with Gasteiger partial charge in [-0.3, -0.25) is 14.5 Å². The van der Waals surface area contributed by atoms with E-state index in [1.807, 2.05) is 49.5 Å². The topological polar surface area (TPSA) is 127 Å². The third kappa shape index (κ3) is 4.76. The second-order valence-corrected chi connectivity index (χ2v) is 8.77. The van der Waals surface area contributed by atoms with Crippen LogP contribution in [0.2, 0.25) is 0 Å². The fraction of sp³-hybridized carbons (Fsp3) is 0.231. The van der Waals surface area contributed by atoms with Gasteiger partial charge in [0.05, 0.1) is 25.3 Å². The molecule has 186 valence electrons. The number of aromatic amines is 1. The molecule has 0 aliphatic carbocycles. The number of hydrogen-bond acceptors (Lipinski definition) is 8. The Morgan fingerprint density at radius 3 is 2.73 bits per heavy atom. The maximum absolute atomic E-state index is 12.7. The van der Waals surface area contributed by atoms with Gasteiger partial charge in [0.25, 0.3) is 0 Å². The van der Waals surface area contributed by atoms with E-state index in [2.05, 4.69) is 40.2 Å². The number of anilines is 2. The molecule has 0 atom stereocenters. The first-order valence-electron chi connectivity index (χ1n) is 12.0. The fourth-order valence-corrected chi connectivity index (χ4v) is 4.38. The van der Waals surface area contributed by atoms with Crippen LogP contribution in [0.25, 0.3) is 33.8 Å². The molecule has 1 fully saturated rings. The molecule has 5 aromatic rings. The molecule has 0 unspecified atom stereocenters. The maximum atomic E-state index is 12.7. The number of nitrogens with one attached hydrogen (secondary N) is 2. The lowest BCUT2D eigenvalue weighted by Gasteiger charge is -2.27. The van der Waals surface area contributed by atoms with Crippen LogP contribution < -0.4 is 10.2 Å². The molecule has 37 heavy (non-hydrogen) atoms. The number of rotatable bonds is 6. The number of aromatic nitrogens is 7. The molecular formula is C26H25N9O2. The van der Waals surface area contributed by atoms with Gasteiger partial charge in [0.2, 0.25) is 5.91 Å². The Bertz CT molecular complexity index is 1540. The van der Waals surface area contributed by atoms with E-state index in [-0.39, 0.29) is 12.3 Å². The second-order valence-electron chi connectivity index (χ2n) is 8.77. The van der Waals surface area contributed by atoms with E-state index in [0.717, 1.165) is 46.9 Å². The van der Waals surface area contributed by atoms with Crippen molar-refractivity contribution in [2.45, 2.75) is 6.42 Å². The van der Waals surface area contributed by atoms with Crippen molar-refractivity contribution in [2.24, 2.45) is 7.05 Å². The zero-order valence-corrected chi connectivity index (χ0v) is 20.3. The number of carbonyl (C=O) groups is 1. The van der Waals surface area contributed by atoms with Crippen LogP contribution in [-0.4, -0.2) is 66.9 Å². The molecule has 1 aliphatic heterocycles. The van der Waals surface area contributed by atoms with Crippen molar-refractivity contribution in [1.29, 1.82) is 0 Å². The number of imidazole rings is 1. The van der Waals surface area contributed by atoms with Gasteiger partial charge >= 0.3 is 0 Å². The highest BCUT2D eigenvalue weighted by Gasteiger charge is 2.19. The summed E-state index contributed by atoms with van der Waals surface area (Å²) in [5.41, 5.74) is 5.52. The van der Waals surface area contributed by atoms with Gasteiger partial charge in [0.1, 0.15) is 17.7 Å². The highest BCUT2D eigenvalue weighted by Crippen LogP contribution is 2.26. The van der Waals surface area contributed by atoms with Gasteiger partial charge in [-0.1, -0.05) is 0 Å². The molecule has 2 N–H and O–H groups in total. The molecule has 6 rings (SSSR count). The number of ether oxygens (including phenoxy) is 1. The van der Waals surface area contributed by atoms with Gasteiger partial charge in [-0.2, -0.15) is 5.10 Å². The Labute approximate surface area is 212 Å². The van der Waals surface area contributed by atoms with Crippen LogP contribution in [-0.2, 0) is 23.0 Å². The molecule has 11 heteroatoms. The summed E-state index contributed by atoms with van der Waals surface area (Å²) < 4.78 is 7.18. The monoisotopic (exact) mass is 495 g/mol. The predicted octanol–water partition coefficient (Wildman–Crippen LogP) is 2.83. The first-order valence-corrected chi connectivity index (χ1v) is 12.0. The number of pyridine rings is 1. The number of aryl methyl sites for hydroxylation is 1. The Morgan fingerprint density at radius 1 is 1.11 bits per heavy atom. The van der Waals surface area contributed by atoms with E-state index in [0.29, 0.717) is 30.4 Å². The van der Waals surface area contributed by atoms with Crippen LogP contribution in [0.5, 0.6) is 0 Å². The van der Waals surface area contributed by atoms with E-state index in [4.69, 9.17) is 4.74 Å². The summed E-state index contributed by atoms with van der Waals surface area (Å²) in [6.45, 7) is 2.90. The van der Waals surface area contributed by atoms with Crippen molar-refractivity contribution >= 4 is 28.6 Å². The quantitative estimate of drug-likeness (QED) is 0.368. The van der Waals surface area contributed by atoms with Crippen LogP contribution in [0.4, 0.5) is 11.5 Å². The zero-order chi connectivity index (χ0) is 25.2. The first-order chi connectivity index (χ1) is 18.1. The number of benzene rings is 1. The normalized spacial score (nSPS) is 13.7. The van der Waals surface area contributed by atoms with Crippen molar-refractivity contribution in [2.75, 3.05) is 36.5 Å². The summed E-state index contributed by atoms with van der Waals surface area (Å²) in [6, 6.07) is 13.3. The van der Waals surface area contributed by atoms with Crippen molar-refractivity contribution in [3.63, 3.8) is 0 Å². The number of amides is 1. The molecule has 1 aliphatic rings. The van der Waals surface area contributed by atoms with Crippen molar-refractivity contribution in [3.05, 3.63) is 66.9 Å². The fourth-order valence-electron chi connectivity index (χ4n) is 4.38. The number of carbonyl (C=O) groups excluding carboxylic acids is 1. The average molecular weight is 496 g/mol. The van der Waals surface area contributed by atoms with Crippen molar-refractivity contribution in [3.8, 4) is 22.6 Å². The average Bonchev–Trinajstić information content (AvgIpc) is 3.53. The smallest absolute Gasteiger partial charge is 0.230 e.